The standard InChI is InChI=1S/C20H23N3O4/c1-13-7-8-14(2)16(11-13)22-18(24)9-10-19(25)23-21-12-15-5-4-6-17(27-3)20(15)26/h4-8,11-12,26H,9-10H2,1-3H3,(H,22,24)(H,23,25)/b21-12+. The number of nitrogens with one attached hydrogen (secondary N) is 2. The van der Waals surface area contributed by atoms with Gasteiger partial charge in [-0.25, -0.2) is 5.43 Å². The molecule has 142 valence electrons. The second-order valence-electron chi connectivity index (χ2n) is 6.06. The number of nitrogens with zero attached hydrogens (tertiary/aromatic N) is 1. The van der Waals surface area contributed by atoms with E-state index in [0.29, 0.717) is 11.3 Å². The molecule has 0 unspecified atom stereocenters. The Bertz CT molecular complexity index is 862. The molecule has 0 saturated heterocycles. The maximum absolute atomic E-state index is 12.0. The van der Waals surface area contributed by atoms with Crippen molar-refractivity contribution in [1.29, 1.82) is 0 Å². The number of anilines is 1. The van der Waals surface area contributed by atoms with Crippen LogP contribution in [0.3, 0.4) is 0 Å². The van der Waals surface area contributed by atoms with Gasteiger partial charge in [0.25, 0.3) is 0 Å². The summed E-state index contributed by atoms with van der Waals surface area (Å²) in [7, 11) is 1.45. The fraction of sp³-hybridized carbons (Fsp3) is 0.250. The molecule has 2 aromatic carbocycles. The van der Waals surface area contributed by atoms with Gasteiger partial charge in [-0.1, -0.05) is 18.2 Å². The van der Waals surface area contributed by atoms with Gasteiger partial charge in [0.2, 0.25) is 11.8 Å². The molecule has 3 N–H and O–H groups in total. The molecule has 2 aromatic rings. The second-order valence-corrected chi connectivity index (χ2v) is 6.06. The Morgan fingerprint density at radius 3 is 2.63 bits per heavy atom. The number of aryl methyl sites for hydroxylation is 2. The number of amides is 2. The second kappa shape index (κ2) is 9.38. The molecular weight excluding hydrogens is 346 g/mol. The quantitative estimate of drug-likeness (QED) is 0.516. The number of carbonyl (C=O) groups excluding carboxylic acids is 2. The Labute approximate surface area is 158 Å². The number of rotatable bonds is 7. The van der Waals surface area contributed by atoms with Crippen molar-refractivity contribution in [3.05, 3.63) is 53.1 Å². The average molecular weight is 369 g/mol. The molecule has 0 spiro atoms. The summed E-state index contributed by atoms with van der Waals surface area (Å²) in [5.74, 6) is -0.391. The number of benzene rings is 2. The van der Waals surface area contributed by atoms with Crippen LogP contribution in [-0.2, 0) is 9.59 Å². The number of para-hydroxylation sites is 1. The van der Waals surface area contributed by atoms with Crippen LogP contribution in [-0.4, -0.2) is 30.2 Å². The topological polar surface area (TPSA) is 100 Å². The summed E-state index contributed by atoms with van der Waals surface area (Å²) in [5, 5.41) is 16.5. The van der Waals surface area contributed by atoms with Crippen molar-refractivity contribution >= 4 is 23.7 Å². The van der Waals surface area contributed by atoms with Gasteiger partial charge >= 0.3 is 0 Å². The molecule has 0 atom stereocenters. The van der Waals surface area contributed by atoms with Crippen molar-refractivity contribution < 1.29 is 19.4 Å². The molecule has 27 heavy (non-hydrogen) atoms. The largest absolute Gasteiger partial charge is 0.504 e. The first kappa shape index (κ1) is 20.0. The van der Waals surface area contributed by atoms with Gasteiger partial charge in [0.15, 0.2) is 11.5 Å². The smallest absolute Gasteiger partial charge is 0.240 e. The SMILES string of the molecule is COc1cccc(/C=N/NC(=O)CCC(=O)Nc2cc(C)ccc2C)c1O. The van der Waals surface area contributed by atoms with Gasteiger partial charge in [-0.05, 0) is 43.2 Å². The van der Waals surface area contributed by atoms with Gasteiger partial charge in [-0.2, -0.15) is 5.10 Å². The van der Waals surface area contributed by atoms with E-state index < -0.39 is 5.91 Å². The highest BCUT2D eigenvalue weighted by atomic mass is 16.5. The third-order valence-corrected chi connectivity index (χ3v) is 3.89. The molecule has 2 amide bonds. The fourth-order valence-corrected chi connectivity index (χ4v) is 2.35. The van der Waals surface area contributed by atoms with Gasteiger partial charge in [0.1, 0.15) is 0 Å². The lowest BCUT2D eigenvalue weighted by molar-refractivity contribution is -0.124. The molecule has 0 heterocycles. The zero-order valence-electron chi connectivity index (χ0n) is 15.6. The number of hydrogen-bond donors (Lipinski definition) is 3. The van der Waals surface area contributed by atoms with Gasteiger partial charge in [-0.3, -0.25) is 9.59 Å². The maximum atomic E-state index is 12.0. The summed E-state index contributed by atoms with van der Waals surface area (Å²) in [6, 6.07) is 10.7. The van der Waals surface area contributed by atoms with Crippen LogP contribution < -0.4 is 15.5 Å². The summed E-state index contributed by atoms with van der Waals surface area (Å²) in [5.41, 5.74) is 5.49. The van der Waals surface area contributed by atoms with Crippen LogP contribution in [0, 0.1) is 13.8 Å². The predicted octanol–water partition coefficient (Wildman–Crippen LogP) is 2.89. The number of carbonyl (C=O) groups is 2. The van der Waals surface area contributed by atoms with E-state index >= 15 is 0 Å². The molecular formula is C20H23N3O4. The zero-order valence-corrected chi connectivity index (χ0v) is 15.6. The Hall–Kier alpha value is -3.35. The third kappa shape index (κ3) is 5.85. The lowest BCUT2D eigenvalue weighted by Crippen LogP contribution is -2.21. The van der Waals surface area contributed by atoms with Crippen molar-refractivity contribution in [2.75, 3.05) is 12.4 Å². The van der Waals surface area contributed by atoms with E-state index in [-0.39, 0.29) is 24.5 Å². The summed E-state index contributed by atoms with van der Waals surface area (Å²) in [4.78, 5) is 23.8. The minimum absolute atomic E-state index is 0.00186. The number of methoxy groups -OCH3 is 1. The van der Waals surface area contributed by atoms with Crippen LogP contribution in [0.5, 0.6) is 11.5 Å². The van der Waals surface area contributed by atoms with Crippen LogP contribution in [0.2, 0.25) is 0 Å². The van der Waals surface area contributed by atoms with E-state index in [9.17, 15) is 14.7 Å². The Balaban J connectivity index is 1.82. The molecule has 0 aromatic heterocycles. The van der Waals surface area contributed by atoms with Crippen molar-refractivity contribution in [1.82, 2.24) is 5.43 Å². The van der Waals surface area contributed by atoms with Crippen LogP contribution in [0.15, 0.2) is 41.5 Å². The zero-order chi connectivity index (χ0) is 19.8. The van der Waals surface area contributed by atoms with E-state index in [0.717, 1.165) is 16.8 Å². The Morgan fingerprint density at radius 1 is 1.15 bits per heavy atom. The normalized spacial score (nSPS) is 10.6. The molecule has 0 aliphatic heterocycles. The van der Waals surface area contributed by atoms with Crippen molar-refractivity contribution in [2.24, 2.45) is 5.10 Å². The van der Waals surface area contributed by atoms with Gasteiger partial charge in [0, 0.05) is 24.1 Å². The summed E-state index contributed by atoms with van der Waals surface area (Å²) in [6.45, 7) is 3.85. The summed E-state index contributed by atoms with van der Waals surface area (Å²) >= 11 is 0. The monoisotopic (exact) mass is 369 g/mol. The van der Waals surface area contributed by atoms with E-state index in [1.165, 1.54) is 13.3 Å². The number of ether oxygens (including phenoxy) is 1. The number of hydrazone groups is 1. The molecule has 7 heteroatoms. The minimum atomic E-state index is -0.398. The molecule has 0 aliphatic rings. The highest BCUT2D eigenvalue weighted by Gasteiger charge is 2.09. The summed E-state index contributed by atoms with van der Waals surface area (Å²) < 4.78 is 5.00. The average Bonchev–Trinajstić information content (AvgIpc) is 2.64. The first-order valence-corrected chi connectivity index (χ1v) is 8.45. The Morgan fingerprint density at radius 2 is 1.89 bits per heavy atom. The maximum Gasteiger partial charge on any atom is 0.240 e. The van der Waals surface area contributed by atoms with E-state index in [4.69, 9.17) is 4.74 Å². The molecule has 0 radical (unpaired) electrons. The lowest BCUT2D eigenvalue weighted by atomic mass is 10.1. The van der Waals surface area contributed by atoms with Gasteiger partial charge in [-0.15, -0.1) is 0 Å². The Kier molecular flexibility index (Phi) is 6.93. The first-order valence-electron chi connectivity index (χ1n) is 8.45. The van der Waals surface area contributed by atoms with Gasteiger partial charge < -0.3 is 15.2 Å². The highest BCUT2D eigenvalue weighted by Crippen LogP contribution is 2.27. The summed E-state index contributed by atoms with van der Waals surface area (Å²) in [6.07, 6.45) is 1.35. The molecule has 0 fully saturated rings. The van der Waals surface area contributed by atoms with Crippen LogP contribution in [0.1, 0.15) is 29.5 Å². The number of aromatic hydroxyl groups is 1. The van der Waals surface area contributed by atoms with Crippen molar-refractivity contribution in [3.63, 3.8) is 0 Å². The number of hydrogen-bond acceptors (Lipinski definition) is 5. The molecule has 2 rings (SSSR count). The number of phenols is 1. The van der Waals surface area contributed by atoms with Gasteiger partial charge in [0.05, 0.1) is 13.3 Å². The third-order valence-electron chi connectivity index (χ3n) is 3.89. The van der Waals surface area contributed by atoms with E-state index in [2.05, 4.69) is 15.8 Å². The van der Waals surface area contributed by atoms with Crippen molar-refractivity contribution in [2.45, 2.75) is 26.7 Å². The number of phenolic OH excluding ortho intramolecular Hbond substituents is 1. The molecule has 7 nitrogen and oxygen atoms in total. The van der Waals surface area contributed by atoms with E-state index in [1.54, 1.807) is 18.2 Å². The molecule has 0 bridgehead atoms. The van der Waals surface area contributed by atoms with Crippen LogP contribution >= 0.6 is 0 Å². The van der Waals surface area contributed by atoms with E-state index in [1.807, 2.05) is 32.0 Å². The minimum Gasteiger partial charge on any atom is -0.504 e. The van der Waals surface area contributed by atoms with Crippen LogP contribution in [0.25, 0.3) is 0 Å². The lowest BCUT2D eigenvalue weighted by Gasteiger charge is -2.09. The van der Waals surface area contributed by atoms with Crippen LogP contribution in [0.4, 0.5) is 5.69 Å². The molecule has 0 aliphatic carbocycles. The predicted molar refractivity (Wildman–Crippen MR) is 104 cm³/mol. The highest BCUT2D eigenvalue weighted by molar-refractivity contribution is 5.94. The molecule has 0 saturated carbocycles. The fourth-order valence-electron chi connectivity index (χ4n) is 2.35. The first-order chi connectivity index (χ1) is 12.9. The van der Waals surface area contributed by atoms with Crippen molar-refractivity contribution in [3.8, 4) is 11.5 Å².